The monoisotopic (exact) mass is 334 g/mol. The van der Waals surface area contributed by atoms with E-state index in [1.165, 1.54) is 0 Å². The van der Waals surface area contributed by atoms with Gasteiger partial charge in [0.05, 0.1) is 5.92 Å². The Morgan fingerprint density at radius 3 is 2.28 bits per heavy atom. The maximum absolute atomic E-state index is 12.0. The van der Waals surface area contributed by atoms with Crippen molar-refractivity contribution < 1.29 is 4.79 Å². The number of carbonyl (C=O) groups excluding carboxylic acids is 1. The Kier molecular flexibility index (Phi) is 7.52. The first-order valence-corrected chi connectivity index (χ1v) is 6.46. The van der Waals surface area contributed by atoms with E-state index in [0.29, 0.717) is 6.54 Å². The van der Waals surface area contributed by atoms with Crippen molar-refractivity contribution in [2.75, 3.05) is 7.05 Å². The molecule has 0 spiro atoms. The normalized spacial score (nSPS) is 13.4. The first-order valence-electron chi connectivity index (χ1n) is 5.67. The molecule has 0 fully saturated rings. The molecule has 0 aliphatic heterocycles. The van der Waals surface area contributed by atoms with Crippen molar-refractivity contribution in [3.05, 3.63) is 34.3 Å². The Hall–Kier alpha value is -0.580. The topological polar surface area (TPSA) is 46.3 Å². The van der Waals surface area contributed by atoms with E-state index in [9.17, 15) is 4.79 Å². The molecule has 1 amide bonds. The van der Waals surface area contributed by atoms with Gasteiger partial charge in [-0.2, -0.15) is 0 Å². The van der Waals surface area contributed by atoms with Crippen molar-refractivity contribution in [1.29, 1.82) is 0 Å². The Bertz CT molecular complexity index is 381. The van der Waals surface area contributed by atoms with Crippen LogP contribution in [-0.2, 0) is 11.3 Å². The van der Waals surface area contributed by atoms with Crippen molar-refractivity contribution >= 4 is 34.2 Å². The molecule has 1 aromatic carbocycles. The molecule has 102 valence electrons. The predicted molar refractivity (Wildman–Crippen MR) is 80.7 cm³/mol. The van der Waals surface area contributed by atoms with E-state index in [2.05, 4.69) is 15.9 Å². The van der Waals surface area contributed by atoms with E-state index in [1.807, 2.05) is 45.2 Å². The van der Waals surface area contributed by atoms with Crippen LogP contribution in [0.3, 0.4) is 0 Å². The highest BCUT2D eigenvalue weighted by atomic mass is 79.9. The lowest BCUT2D eigenvalue weighted by Gasteiger charge is -2.23. The molecule has 1 aromatic rings. The molecule has 0 bridgehead atoms. The van der Waals surface area contributed by atoms with Crippen LogP contribution < -0.4 is 5.73 Å². The summed E-state index contributed by atoms with van der Waals surface area (Å²) in [5.41, 5.74) is 6.85. The molecule has 0 saturated carbocycles. The van der Waals surface area contributed by atoms with E-state index in [4.69, 9.17) is 5.73 Å². The van der Waals surface area contributed by atoms with Gasteiger partial charge in [0.2, 0.25) is 5.91 Å². The quantitative estimate of drug-likeness (QED) is 0.919. The standard InChI is InChI=1S/C13H19BrN2O.ClH/c1-9(10(2)15)13(17)16(3)8-11-4-6-12(14)7-5-11;/h4-7,9-10H,8,15H2,1-3H3;1H. The van der Waals surface area contributed by atoms with Crippen LogP contribution in [0.25, 0.3) is 0 Å². The summed E-state index contributed by atoms with van der Waals surface area (Å²) < 4.78 is 1.04. The molecule has 0 radical (unpaired) electrons. The molecule has 1 rings (SSSR count). The van der Waals surface area contributed by atoms with Crippen LogP contribution in [0.15, 0.2) is 28.7 Å². The largest absolute Gasteiger partial charge is 0.341 e. The lowest BCUT2D eigenvalue weighted by Crippen LogP contribution is -2.39. The first kappa shape index (κ1) is 17.4. The second kappa shape index (κ2) is 7.77. The second-order valence-corrected chi connectivity index (χ2v) is 5.38. The molecule has 3 nitrogen and oxygen atoms in total. The number of nitrogens with two attached hydrogens (primary N) is 1. The number of hydrogen-bond donors (Lipinski definition) is 1. The predicted octanol–water partition coefficient (Wildman–Crippen LogP) is 2.81. The summed E-state index contributed by atoms with van der Waals surface area (Å²) in [7, 11) is 1.81. The van der Waals surface area contributed by atoms with Gasteiger partial charge in [0.25, 0.3) is 0 Å². The van der Waals surface area contributed by atoms with Crippen LogP contribution in [0.5, 0.6) is 0 Å². The summed E-state index contributed by atoms with van der Waals surface area (Å²) in [4.78, 5) is 13.7. The summed E-state index contributed by atoms with van der Waals surface area (Å²) >= 11 is 3.39. The second-order valence-electron chi connectivity index (χ2n) is 4.47. The average Bonchev–Trinajstić information content (AvgIpc) is 2.30. The van der Waals surface area contributed by atoms with Gasteiger partial charge in [-0.15, -0.1) is 12.4 Å². The molecule has 2 atom stereocenters. The first-order chi connectivity index (χ1) is 7.91. The third kappa shape index (κ3) is 4.96. The molecular formula is C13H20BrClN2O. The highest BCUT2D eigenvalue weighted by Crippen LogP contribution is 2.13. The zero-order valence-electron chi connectivity index (χ0n) is 10.9. The van der Waals surface area contributed by atoms with Crippen LogP contribution >= 0.6 is 28.3 Å². The van der Waals surface area contributed by atoms with Gasteiger partial charge in [-0.3, -0.25) is 4.79 Å². The average molecular weight is 336 g/mol. The number of rotatable bonds is 4. The van der Waals surface area contributed by atoms with Crippen LogP contribution in [0.2, 0.25) is 0 Å². The highest BCUT2D eigenvalue weighted by molar-refractivity contribution is 9.10. The molecule has 18 heavy (non-hydrogen) atoms. The molecule has 0 heterocycles. The zero-order chi connectivity index (χ0) is 13.0. The number of hydrogen-bond acceptors (Lipinski definition) is 2. The summed E-state index contributed by atoms with van der Waals surface area (Å²) in [6, 6.07) is 7.84. The summed E-state index contributed by atoms with van der Waals surface area (Å²) in [5.74, 6) is -0.0571. The van der Waals surface area contributed by atoms with Crippen molar-refractivity contribution in [1.82, 2.24) is 4.90 Å². The van der Waals surface area contributed by atoms with E-state index in [-0.39, 0.29) is 30.3 Å². The third-order valence-corrected chi connectivity index (χ3v) is 3.42. The number of amides is 1. The zero-order valence-corrected chi connectivity index (χ0v) is 13.3. The van der Waals surface area contributed by atoms with Gasteiger partial charge in [0.15, 0.2) is 0 Å². The fourth-order valence-electron chi connectivity index (χ4n) is 1.51. The van der Waals surface area contributed by atoms with Gasteiger partial charge in [-0.05, 0) is 24.6 Å². The minimum Gasteiger partial charge on any atom is -0.341 e. The summed E-state index contributed by atoms with van der Waals surface area (Å²) in [6.45, 7) is 4.34. The molecule has 5 heteroatoms. The molecule has 0 aromatic heterocycles. The van der Waals surface area contributed by atoms with Crippen molar-refractivity contribution in [2.45, 2.75) is 26.4 Å². The molecule has 0 aliphatic rings. The number of halogens is 2. The molecule has 2 N–H and O–H groups in total. The Morgan fingerprint density at radius 1 is 1.33 bits per heavy atom. The Labute approximate surface area is 123 Å². The SMILES string of the molecule is CC(N)C(C)C(=O)N(C)Cc1ccc(Br)cc1.Cl. The van der Waals surface area contributed by atoms with Crippen molar-refractivity contribution in [3.63, 3.8) is 0 Å². The van der Waals surface area contributed by atoms with Crippen LogP contribution in [0, 0.1) is 5.92 Å². The lowest BCUT2D eigenvalue weighted by atomic mass is 10.0. The molecule has 2 unspecified atom stereocenters. The van der Waals surface area contributed by atoms with E-state index < -0.39 is 0 Å². The highest BCUT2D eigenvalue weighted by Gasteiger charge is 2.20. The fourth-order valence-corrected chi connectivity index (χ4v) is 1.78. The fraction of sp³-hybridized carbons (Fsp3) is 0.462. The van der Waals surface area contributed by atoms with Gasteiger partial charge in [0, 0.05) is 24.1 Å². The minimum absolute atomic E-state index is 0. The smallest absolute Gasteiger partial charge is 0.226 e. The number of carbonyl (C=O) groups is 1. The van der Waals surface area contributed by atoms with Gasteiger partial charge < -0.3 is 10.6 Å². The Balaban J connectivity index is 0.00000289. The summed E-state index contributed by atoms with van der Waals surface area (Å²) in [5, 5.41) is 0. The van der Waals surface area contributed by atoms with E-state index in [1.54, 1.807) is 4.90 Å². The lowest BCUT2D eigenvalue weighted by molar-refractivity contribution is -0.134. The van der Waals surface area contributed by atoms with Crippen molar-refractivity contribution in [2.24, 2.45) is 11.7 Å². The molecular weight excluding hydrogens is 316 g/mol. The summed E-state index contributed by atoms with van der Waals surface area (Å²) in [6.07, 6.45) is 0. The Morgan fingerprint density at radius 2 is 1.83 bits per heavy atom. The molecule has 0 aliphatic carbocycles. The van der Waals surface area contributed by atoms with Gasteiger partial charge in [0.1, 0.15) is 0 Å². The number of nitrogens with zero attached hydrogens (tertiary/aromatic N) is 1. The van der Waals surface area contributed by atoms with Gasteiger partial charge in [-0.1, -0.05) is 35.0 Å². The maximum atomic E-state index is 12.0. The van der Waals surface area contributed by atoms with E-state index >= 15 is 0 Å². The molecule has 0 saturated heterocycles. The van der Waals surface area contributed by atoms with Crippen LogP contribution in [-0.4, -0.2) is 23.9 Å². The number of benzene rings is 1. The van der Waals surface area contributed by atoms with Gasteiger partial charge >= 0.3 is 0 Å². The van der Waals surface area contributed by atoms with E-state index in [0.717, 1.165) is 10.0 Å². The van der Waals surface area contributed by atoms with Crippen LogP contribution in [0.1, 0.15) is 19.4 Å². The minimum atomic E-state index is -0.143. The van der Waals surface area contributed by atoms with Gasteiger partial charge in [-0.25, -0.2) is 0 Å². The maximum Gasteiger partial charge on any atom is 0.226 e. The third-order valence-electron chi connectivity index (χ3n) is 2.89. The van der Waals surface area contributed by atoms with Crippen LogP contribution in [0.4, 0.5) is 0 Å². The van der Waals surface area contributed by atoms with Crippen molar-refractivity contribution in [3.8, 4) is 0 Å².